The smallest absolute Gasteiger partial charge is 0.350 e. The Morgan fingerprint density at radius 2 is 1.59 bits per heavy atom. The highest BCUT2D eigenvalue weighted by Crippen LogP contribution is 2.25. The van der Waals surface area contributed by atoms with Crippen molar-refractivity contribution in [2.24, 2.45) is 7.05 Å². The molecule has 0 aliphatic rings. The first-order valence-corrected chi connectivity index (χ1v) is 7.15. The van der Waals surface area contributed by atoms with Gasteiger partial charge in [0.05, 0.1) is 0 Å². The molecule has 0 aliphatic carbocycles. The van der Waals surface area contributed by atoms with E-state index in [4.69, 9.17) is 4.42 Å². The third-order valence-corrected chi connectivity index (χ3v) is 3.94. The fourth-order valence-electron chi connectivity index (χ4n) is 2.86. The first-order chi connectivity index (χ1) is 10.7. The lowest BCUT2D eigenvalue weighted by Gasteiger charge is -2.05. The summed E-state index contributed by atoms with van der Waals surface area (Å²) in [7, 11) is 1.94. The number of fused-ring (bicyclic) bond motifs is 3. The molecule has 0 saturated carbocycles. The average molecular weight is 288 g/mol. The molecule has 0 aliphatic heterocycles. The summed E-state index contributed by atoms with van der Waals surface area (Å²) >= 11 is 0. The van der Waals surface area contributed by atoms with Crippen molar-refractivity contribution in [3.63, 3.8) is 0 Å². The Labute approximate surface area is 127 Å². The summed E-state index contributed by atoms with van der Waals surface area (Å²) in [5, 5.41) is 2.47. The van der Waals surface area contributed by atoms with Crippen LogP contribution >= 0.6 is 0 Å². The van der Waals surface area contributed by atoms with Gasteiger partial charge in [0, 0.05) is 22.4 Å². The molecule has 106 valence electrons. The van der Waals surface area contributed by atoms with Crippen LogP contribution in [0.5, 0.6) is 0 Å². The fraction of sp³-hybridized carbons (Fsp3) is 0.0526. The third kappa shape index (κ3) is 1.91. The molecular weight excluding hydrogens is 274 g/mol. The van der Waals surface area contributed by atoms with Crippen molar-refractivity contribution in [2.45, 2.75) is 0 Å². The molecule has 0 unspecified atom stereocenters. The lowest BCUT2D eigenvalue weighted by molar-refractivity contribution is -0.659. The standard InChI is InChI=1S/C19H14NO2/c1-20-12-16-15(11-17(20)13-7-3-2-4-8-13)14-9-5-6-10-18(14)22-19(16)21/h2-12H,1H3/q+1. The van der Waals surface area contributed by atoms with Crippen molar-refractivity contribution in [3.8, 4) is 11.3 Å². The van der Waals surface area contributed by atoms with Crippen LogP contribution in [0.4, 0.5) is 0 Å². The molecule has 0 saturated heterocycles. The largest absolute Gasteiger partial charge is 0.422 e. The maximum absolute atomic E-state index is 12.2. The van der Waals surface area contributed by atoms with Crippen LogP contribution in [0, 0.1) is 0 Å². The Bertz CT molecular complexity index is 1050. The minimum Gasteiger partial charge on any atom is -0.422 e. The third-order valence-electron chi connectivity index (χ3n) is 3.94. The molecule has 2 aromatic carbocycles. The summed E-state index contributed by atoms with van der Waals surface area (Å²) in [5.41, 5.74) is 2.49. The van der Waals surface area contributed by atoms with Gasteiger partial charge < -0.3 is 4.42 Å². The molecule has 0 atom stereocenters. The zero-order valence-electron chi connectivity index (χ0n) is 12.1. The molecule has 2 heterocycles. The molecule has 4 rings (SSSR count). The van der Waals surface area contributed by atoms with E-state index in [2.05, 4.69) is 18.2 Å². The van der Waals surface area contributed by atoms with Crippen LogP contribution in [0.2, 0.25) is 0 Å². The van der Waals surface area contributed by atoms with Crippen molar-refractivity contribution < 1.29 is 8.98 Å². The summed E-state index contributed by atoms with van der Waals surface area (Å²) in [6, 6.07) is 19.8. The zero-order valence-corrected chi connectivity index (χ0v) is 12.1. The highest BCUT2D eigenvalue weighted by atomic mass is 16.4. The Balaban J connectivity index is 2.16. The minimum atomic E-state index is -0.302. The highest BCUT2D eigenvalue weighted by Gasteiger charge is 2.16. The number of pyridine rings is 1. The van der Waals surface area contributed by atoms with E-state index in [0.29, 0.717) is 11.0 Å². The minimum absolute atomic E-state index is 0.302. The summed E-state index contributed by atoms with van der Waals surface area (Å²) in [5.74, 6) is 0. The van der Waals surface area contributed by atoms with Gasteiger partial charge in [0.1, 0.15) is 18.0 Å². The van der Waals surface area contributed by atoms with Gasteiger partial charge in [-0.2, -0.15) is 0 Å². The molecule has 0 bridgehead atoms. The van der Waals surface area contributed by atoms with Crippen LogP contribution in [-0.2, 0) is 7.05 Å². The van der Waals surface area contributed by atoms with Crippen LogP contribution in [0.3, 0.4) is 0 Å². The monoisotopic (exact) mass is 288 g/mol. The molecule has 22 heavy (non-hydrogen) atoms. The maximum Gasteiger partial charge on any atom is 0.350 e. The second-order valence-corrected chi connectivity index (χ2v) is 5.35. The van der Waals surface area contributed by atoms with Crippen molar-refractivity contribution in [2.75, 3.05) is 0 Å². The van der Waals surface area contributed by atoms with E-state index in [0.717, 1.165) is 22.0 Å². The van der Waals surface area contributed by atoms with Gasteiger partial charge in [-0.05, 0) is 18.2 Å². The molecule has 3 heteroatoms. The summed E-state index contributed by atoms with van der Waals surface area (Å²) in [6.07, 6.45) is 1.84. The molecule has 0 amide bonds. The van der Waals surface area contributed by atoms with E-state index in [1.807, 2.05) is 60.3 Å². The Morgan fingerprint density at radius 1 is 0.864 bits per heavy atom. The number of hydrogen-bond acceptors (Lipinski definition) is 2. The Hall–Kier alpha value is -2.94. The van der Waals surface area contributed by atoms with Gasteiger partial charge in [-0.1, -0.05) is 36.4 Å². The Morgan fingerprint density at radius 3 is 2.41 bits per heavy atom. The number of rotatable bonds is 1. The van der Waals surface area contributed by atoms with E-state index in [1.54, 1.807) is 0 Å². The SMILES string of the molecule is C[n+]1cc2c(=O)oc3ccccc3c2cc1-c1ccccc1. The number of benzene rings is 2. The van der Waals surface area contributed by atoms with Gasteiger partial charge in [0.15, 0.2) is 6.20 Å². The number of hydrogen-bond donors (Lipinski definition) is 0. The van der Waals surface area contributed by atoms with Crippen LogP contribution in [-0.4, -0.2) is 0 Å². The number of aromatic nitrogens is 1. The first kappa shape index (κ1) is 12.8. The van der Waals surface area contributed by atoms with Crippen LogP contribution in [0.1, 0.15) is 0 Å². The van der Waals surface area contributed by atoms with E-state index < -0.39 is 0 Å². The molecule has 4 aromatic rings. The normalized spacial score (nSPS) is 11.1. The van der Waals surface area contributed by atoms with E-state index in [9.17, 15) is 4.79 Å². The van der Waals surface area contributed by atoms with Gasteiger partial charge in [-0.25, -0.2) is 9.36 Å². The van der Waals surface area contributed by atoms with Gasteiger partial charge in [0.25, 0.3) is 0 Å². The molecule has 2 aromatic heterocycles. The summed E-state index contributed by atoms with van der Waals surface area (Å²) in [6.45, 7) is 0. The van der Waals surface area contributed by atoms with Crippen LogP contribution < -0.4 is 10.2 Å². The topological polar surface area (TPSA) is 34.1 Å². The second-order valence-electron chi connectivity index (χ2n) is 5.35. The van der Waals surface area contributed by atoms with Gasteiger partial charge in [-0.15, -0.1) is 0 Å². The van der Waals surface area contributed by atoms with Gasteiger partial charge >= 0.3 is 5.63 Å². The molecule has 3 nitrogen and oxygen atoms in total. The molecular formula is C19H14NO2+. The summed E-state index contributed by atoms with van der Waals surface area (Å²) < 4.78 is 7.37. The van der Waals surface area contributed by atoms with E-state index in [1.165, 1.54) is 0 Å². The number of para-hydroxylation sites is 1. The zero-order chi connectivity index (χ0) is 15.1. The molecule has 0 spiro atoms. The quantitative estimate of drug-likeness (QED) is 0.305. The highest BCUT2D eigenvalue weighted by molar-refractivity contribution is 6.04. The van der Waals surface area contributed by atoms with Crippen molar-refractivity contribution in [1.29, 1.82) is 0 Å². The van der Waals surface area contributed by atoms with Crippen LogP contribution in [0.25, 0.3) is 33.0 Å². The lowest BCUT2D eigenvalue weighted by Crippen LogP contribution is -2.31. The van der Waals surface area contributed by atoms with Crippen molar-refractivity contribution in [3.05, 3.63) is 77.3 Å². The van der Waals surface area contributed by atoms with E-state index in [-0.39, 0.29) is 5.63 Å². The van der Waals surface area contributed by atoms with E-state index >= 15 is 0 Å². The van der Waals surface area contributed by atoms with Gasteiger partial charge in [0.2, 0.25) is 5.69 Å². The second kappa shape index (κ2) is 4.81. The first-order valence-electron chi connectivity index (χ1n) is 7.15. The lowest BCUT2D eigenvalue weighted by atomic mass is 10.0. The predicted octanol–water partition coefficient (Wildman–Crippen LogP) is 3.44. The average Bonchev–Trinajstić information content (AvgIpc) is 2.56. The molecule has 0 N–H and O–H groups in total. The Kier molecular flexibility index (Phi) is 2.79. The summed E-state index contributed by atoms with van der Waals surface area (Å²) in [4.78, 5) is 12.2. The number of nitrogens with zero attached hydrogens (tertiary/aromatic N) is 1. The molecule has 0 radical (unpaired) electrons. The molecule has 0 fully saturated rings. The maximum atomic E-state index is 12.2. The van der Waals surface area contributed by atoms with Crippen molar-refractivity contribution >= 4 is 21.7 Å². The fourth-order valence-corrected chi connectivity index (χ4v) is 2.86. The number of aryl methyl sites for hydroxylation is 1. The van der Waals surface area contributed by atoms with Crippen molar-refractivity contribution in [1.82, 2.24) is 0 Å². The van der Waals surface area contributed by atoms with Crippen LogP contribution in [0.15, 0.2) is 76.1 Å². The predicted molar refractivity (Wildman–Crippen MR) is 86.6 cm³/mol. The van der Waals surface area contributed by atoms with Gasteiger partial charge in [-0.3, -0.25) is 0 Å².